The van der Waals surface area contributed by atoms with Gasteiger partial charge < -0.3 is 14.7 Å². The summed E-state index contributed by atoms with van der Waals surface area (Å²) in [6.45, 7) is 3.93. The number of amides is 1. The van der Waals surface area contributed by atoms with Crippen LogP contribution in [0.2, 0.25) is 0 Å². The van der Waals surface area contributed by atoms with Gasteiger partial charge in [0.15, 0.2) is 0 Å². The number of benzene rings is 1. The molecule has 1 fully saturated rings. The molecule has 1 N–H and O–H groups in total. The third-order valence-corrected chi connectivity index (χ3v) is 3.61. The van der Waals surface area contributed by atoms with E-state index >= 15 is 0 Å². The number of nitrogens with zero attached hydrogens (tertiary/aromatic N) is 2. The number of ether oxygens (including phenoxy) is 1. The molecule has 122 valence electrons. The van der Waals surface area contributed by atoms with Crippen LogP contribution in [-0.2, 0) is 4.74 Å². The van der Waals surface area contributed by atoms with Crippen molar-refractivity contribution >= 4 is 5.91 Å². The summed E-state index contributed by atoms with van der Waals surface area (Å²) >= 11 is 0. The van der Waals surface area contributed by atoms with E-state index in [1.165, 1.54) is 6.07 Å². The Morgan fingerprint density at radius 2 is 1.91 bits per heavy atom. The average Bonchev–Trinajstić information content (AvgIpc) is 2.52. The van der Waals surface area contributed by atoms with E-state index in [4.69, 9.17) is 9.84 Å². The summed E-state index contributed by atoms with van der Waals surface area (Å²) in [6.07, 6.45) is 0. The lowest BCUT2D eigenvalue weighted by atomic mass is 10.1. The molecule has 1 heterocycles. The van der Waals surface area contributed by atoms with E-state index in [0.717, 1.165) is 18.7 Å². The van der Waals surface area contributed by atoms with E-state index < -0.39 is 17.5 Å². The Labute approximate surface area is 128 Å². The Balaban J connectivity index is 1.82. The van der Waals surface area contributed by atoms with Gasteiger partial charge in [-0.2, -0.15) is 0 Å². The van der Waals surface area contributed by atoms with Gasteiger partial charge in [0.2, 0.25) is 0 Å². The Morgan fingerprint density at radius 1 is 1.18 bits per heavy atom. The highest BCUT2D eigenvalue weighted by molar-refractivity contribution is 5.94. The number of aliphatic hydroxyl groups is 1. The first kappa shape index (κ1) is 16.8. The lowest BCUT2D eigenvalue weighted by Gasteiger charge is -2.34. The molecule has 1 saturated heterocycles. The molecule has 1 aliphatic heterocycles. The number of hydrogen-bond acceptors (Lipinski definition) is 4. The molecule has 1 aliphatic rings. The molecule has 0 saturated carbocycles. The van der Waals surface area contributed by atoms with Gasteiger partial charge in [0.05, 0.1) is 25.4 Å². The van der Waals surface area contributed by atoms with Crippen LogP contribution in [-0.4, -0.2) is 73.4 Å². The standard InChI is InChI=1S/C15H20F2N2O3/c16-12-1-2-13(14(17)11-12)15(21)19-5-3-18(4-6-19)7-9-22-10-8-20/h1-2,11,20H,3-10H2. The van der Waals surface area contributed by atoms with Crippen molar-refractivity contribution in [1.29, 1.82) is 0 Å². The number of halogens is 2. The molecule has 2 rings (SSSR count). The molecule has 1 aromatic rings. The van der Waals surface area contributed by atoms with Crippen LogP contribution in [0.25, 0.3) is 0 Å². The highest BCUT2D eigenvalue weighted by Gasteiger charge is 2.24. The van der Waals surface area contributed by atoms with Gasteiger partial charge in [-0.25, -0.2) is 8.78 Å². The molecule has 0 aliphatic carbocycles. The zero-order valence-corrected chi connectivity index (χ0v) is 12.3. The van der Waals surface area contributed by atoms with Crippen LogP contribution in [0.4, 0.5) is 8.78 Å². The summed E-state index contributed by atoms with van der Waals surface area (Å²) < 4.78 is 31.7. The van der Waals surface area contributed by atoms with Gasteiger partial charge in [0, 0.05) is 38.8 Å². The highest BCUT2D eigenvalue weighted by atomic mass is 19.1. The van der Waals surface area contributed by atoms with Gasteiger partial charge in [-0.05, 0) is 12.1 Å². The molecular weight excluding hydrogens is 294 g/mol. The van der Waals surface area contributed by atoms with E-state index in [1.807, 2.05) is 0 Å². The van der Waals surface area contributed by atoms with Crippen molar-refractivity contribution in [2.75, 3.05) is 52.5 Å². The van der Waals surface area contributed by atoms with Crippen LogP contribution in [0.1, 0.15) is 10.4 Å². The summed E-state index contributed by atoms with van der Waals surface area (Å²) in [6, 6.07) is 3.00. The molecule has 1 aromatic carbocycles. The number of aliphatic hydroxyl groups excluding tert-OH is 1. The van der Waals surface area contributed by atoms with Gasteiger partial charge in [-0.15, -0.1) is 0 Å². The Kier molecular flexibility index (Phi) is 6.23. The Bertz CT molecular complexity index is 506. The van der Waals surface area contributed by atoms with Crippen LogP contribution in [0.15, 0.2) is 18.2 Å². The molecule has 0 aromatic heterocycles. The van der Waals surface area contributed by atoms with Gasteiger partial charge in [0.1, 0.15) is 11.6 Å². The van der Waals surface area contributed by atoms with Gasteiger partial charge in [-0.3, -0.25) is 9.69 Å². The van der Waals surface area contributed by atoms with Crippen molar-refractivity contribution in [2.24, 2.45) is 0 Å². The first-order chi connectivity index (χ1) is 10.6. The molecule has 0 atom stereocenters. The first-order valence-corrected chi connectivity index (χ1v) is 7.27. The van der Waals surface area contributed by atoms with Crippen molar-refractivity contribution < 1.29 is 23.4 Å². The van der Waals surface area contributed by atoms with Crippen LogP contribution < -0.4 is 0 Å². The first-order valence-electron chi connectivity index (χ1n) is 7.27. The quantitative estimate of drug-likeness (QED) is 0.787. The van der Waals surface area contributed by atoms with E-state index in [2.05, 4.69) is 4.90 Å². The molecule has 0 spiro atoms. The van der Waals surface area contributed by atoms with Gasteiger partial charge in [0.25, 0.3) is 5.91 Å². The van der Waals surface area contributed by atoms with Gasteiger partial charge >= 0.3 is 0 Å². The van der Waals surface area contributed by atoms with Crippen molar-refractivity contribution in [1.82, 2.24) is 9.80 Å². The van der Waals surface area contributed by atoms with Gasteiger partial charge in [-0.1, -0.05) is 0 Å². The van der Waals surface area contributed by atoms with Crippen LogP contribution in [0.5, 0.6) is 0 Å². The molecule has 5 nitrogen and oxygen atoms in total. The summed E-state index contributed by atoms with van der Waals surface area (Å²) in [5.41, 5.74) is -0.0962. The Morgan fingerprint density at radius 3 is 2.55 bits per heavy atom. The molecule has 1 amide bonds. The third-order valence-electron chi connectivity index (χ3n) is 3.61. The zero-order chi connectivity index (χ0) is 15.9. The summed E-state index contributed by atoms with van der Waals surface area (Å²) in [7, 11) is 0. The molecule has 0 bridgehead atoms. The monoisotopic (exact) mass is 314 g/mol. The molecular formula is C15H20F2N2O3. The minimum Gasteiger partial charge on any atom is -0.394 e. The Hall–Kier alpha value is -1.57. The summed E-state index contributed by atoms with van der Waals surface area (Å²) in [4.78, 5) is 15.9. The predicted octanol–water partition coefficient (Wildman–Crippen LogP) is 0.732. The molecule has 0 unspecified atom stereocenters. The fourth-order valence-corrected chi connectivity index (χ4v) is 2.37. The predicted molar refractivity (Wildman–Crippen MR) is 76.6 cm³/mol. The van der Waals surface area contributed by atoms with E-state index in [9.17, 15) is 13.6 Å². The molecule has 22 heavy (non-hydrogen) atoms. The van der Waals surface area contributed by atoms with Crippen molar-refractivity contribution in [3.8, 4) is 0 Å². The third kappa shape index (κ3) is 4.46. The fourth-order valence-electron chi connectivity index (χ4n) is 2.37. The minimum absolute atomic E-state index is 0.00547. The van der Waals surface area contributed by atoms with E-state index in [-0.39, 0.29) is 12.2 Å². The number of rotatable bonds is 6. The largest absolute Gasteiger partial charge is 0.394 e. The maximum absolute atomic E-state index is 13.6. The number of carbonyl (C=O) groups is 1. The van der Waals surface area contributed by atoms with Crippen molar-refractivity contribution in [2.45, 2.75) is 0 Å². The average molecular weight is 314 g/mol. The highest BCUT2D eigenvalue weighted by Crippen LogP contribution is 2.14. The normalized spacial score (nSPS) is 16.0. The maximum atomic E-state index is 13.6. The smallest absolute Gasteiger partial charge is 0.256 e. The van der Waals surface area contributed by atoms with Crippen LogP contribution in [0.3, 0.4) is 0 Å². The van der Waals surface area contributed by atoms with Crippen LogP contribution in [0, 0.1) is 11.6 Å². The second-order valence-electron chi connectivity index (χ2n) is 5.09. The number of hydrogen-bond donors (Lipinski definition) is 1. The number of piperazine rings is 1. The zero-order valence-electron chi connectivity index (χ0n) is 12.3. The molecule has 7 heteroatoms. The summed E-state index contributed by atoms with van der Waals surface area (Å²) in [5.74, 6) is -1.93. The topological polar surface area (TPSA) is 53.0 Å². The second kappa shape index (κ2) is 8.17. The van der Waals surface area contributed by atoms with Crippen molar-refractivity contribution in [3.05, 3.63) is 35.4 Å². The second-order valence-corrected chi connectivity index (χ2v) is 5.09. The number of carbonyl (C=O) groups excluding carboxylic acids is 1. The molecule has 0 radical (unpaired) electrons. The maximum Gasteiger partial charge on any atom is 0.256 e. The van der Waals surface area contributed by atoms with Crippen LogP contribution >= 0.6 is 0 Å². The van der Waals surface area contributed by atoms with E-state index in [1.54, 1.807) is 4.90 Å². The minimum atomic E-state index is -0.829. The SMILES string of the molecule is O=C(c1ccc(F)cc1F)N1CCN(CCOCCO)CC1. The fraction of sp³-hybridized carbons (Fsp3) is 0.533. The van der Waals surface area contributed by atoms with Crippen molar-refractivity contribution in [3.63, 3.8) is 0 Å². The summed E-state index contributed by atoms with van der Waals surface area (Å²) in [5, 5.41) is 8.61. The lowest BCUT2D eigenvalue weighted by molar-refractivity contribution is 0.0484. The lowest BCUT2D eigenvalue weighted by Crippen LogP contribution is -2.49. The van der Waals surface area contributed by atoms with E-state index in [0.29, 0.717) is 39.4 Å².